The van der Waals surface area contributed by atoms with Crippen molar-refractivity contribution >= 4 is 5.97 Å². The van der Waals surface area contributed by atoms with E-state index in [0.717, 1.165) is 45.5 Å². The van der Waals surface area contributed by atoms with E-state index in [1.54, 1.807) is 0 Å². The third-order valence-corrected chi connectivity index (χ3v) is 4.80. The Balaban J connectivity index is 0. The smallest absolute Gasteiger partial charge is 0.303 e. The minimum atomic E-state index is -0.659. The van der Waals surface area contributed by atoms with Crippen LogP contribution < -0.4 is 0 Å². The average molecular weight is 375 g/mol. The van der Waals surface area contributed by atoms with Crippen LogP contribution in [0.4, 0.5) is 0 Å². The SMILES string of the molecule is CCCCCCCCCCCC(=O)O.CCOCC(CC)(CC)OCC. The molecule has 0 spiro atoms. The van der Waals surface area contributed by atoms with Gasteiger partial charge in [0.1, 0.15) is 0 Å². The van der Waals surface area contributed by atoms with Gasteiger partial charge in [-0.2, -0.15) is 0 Å². The standard InChI is InChI=1S/C12H24O2.C10H22O2/c1-2-3-4-5-6-7-8-9-10-11-12(13)14;1-5-10(6-2,12-8-4)9-11-7-3/h2-11H2,1H3,(H,13,14);5-9H2,1-4H3. The molecule has 0 aliphatic rings. The Kier molecular flexibility index (Phi) is 22.0. The number of rotatable bonds is 17. The minimum Gasteiger partial charge on any atom is -0.481 e. The van der Waals surface area contributed by atoms with Gasteiger partial charge in [0.15, 0.2) is 0 Å². The van der Waals surface area contributed by atoms with Crippen LogP contribution in [0.5, 0.6) is 0 Å². The van der Waals surface area contributed by atoms with Crippen LogP contribution in [0.2, 0.25) is 0 Å². The number of carbonyl (C=O) groups is 1. The number of carboxylic acids is 1. The van der Waals surface area contributed by atoms with Crippen LogP contribution >= 0.6 is 0 Å². The Hall–Kier alpha value is -0.610. The lowest BCUT2D eigenvalue weighted by Crippen LogP contribution is -2.36. The molecule has 0 aliphatic carbocycles. The Morgan fingerprint density at radius 1 is 0.769 bits per heavy atom. The van der Waals surface area contributed by atoms with Gasteiger partial charge in [0.2, 0.25) is 0 Å². The number of carboxylic acid groups (broad SMARTS) is 1. The second kappa shape index (κ2) is 20.7. The van der Waals surface area contributed by atoms with Crippen LogP contribution in [0.1, 0.15) is 112 Å². The Morgan fingerprint density at radius 2 is 1.27 bits per heavy atom. The number of ether oxygens (including phenoxy) is 2. The van der Waals surface area contributed by atoms with Crippen molar-refractivity contribution in [3.63, 3.8) is 0 Å². The summed E-state index contributed by atoms with van der Waals surface area (Å²) in [7, 11) is 0. The summed E-state index contributed by atoms with van der Waals surface area (Å²) in [6.45, 7) is 12.9. The molecule has 0 fully saturated rings. The summed E-state index contributed by atoms with van der Waals surface area (Å²) in [4.78, 5) is 10.2. The minimum absolute atomic E-state index is 0.0369. The molecule has 0 saturated carbocycles. The maximum atomic E-state index is 10.2. The molecular formula is C22H46O4. The highest BCUT2D eigenvalue weighted by Crippen LogP contribution is 2.20. The highest BCUT2D eigenvalue weighted by Gasteiger charge is 2.26. The zero-order valence-electron chi connectivity index (χ0n) is 18.3. The van der Waals surface area contributed by atoms with Crippen molar-refractivity contribution in [1.29, 1.82) is 0 Å². The molecule has 4 nitrogen and oxygen atoms in total. The van der Waals surface area contributed by atoms with Crippen molar-refractivity contribution in [2.45, 2.75) is 117 Å². The van der Waals surface area contributed by atoms with Crippen molar-refractivity contribution in [3.05, 3.63) is 0 Å². The van der Waals surface area contributed by atoms with Crippen LogP contribution in [0, 0.1) is 0 Å². The van der Waals surface area contributed by atoms with E-state index < -0.39 is 5.97 Å². The van der Waals surface area contributed by atoms with E-state index in [0.29, 0.717) is 6.42 Å². The number of hydrogen-bond donors (Lipinski definition) is 1. The van der Waals surface area contributed by atoms with Gasteiger partial charge in [-0.15, -0.1) is 0 Å². The fourth-order valence-electron chi connectivity index (χ4n) is 2.88. The van der Waals surface area contributed by atoms with Gasteiger partial charge in [-0.25, -0.2) is 0 Å². The van der Waals surface area contributed by atoms with Gasteiger partial charge in [0.25, 0.3) is 0 Å². The van der Waals surface area contributed by atoms with E-state index in [1.807, 2.05) is 13.8 Å². The lowest BCUT2D eigenvalue weighted by molar-refractivity contribution is -0.137. The molecular weight excluding hydrogens is 328 g/mol. The van der Waals surface area contributed by atoms with E-state index in [4.69, 9.17) is 14.6 Å². The van der Waals surface area contributed by atoms with Crippen molar-refractivity contribution in [1.82, 2.24) is 0 Å². The van der Waals surface area contributed by atoms with E-state index in [2.05, 4.69) is 20.8 Å². The van der Waals surface area contributed by atoms with Gasteiger partial charge in [0.05, 0.1) is 12.2 Å². The first-order chi connectivity index (χ1) is 12.5. The molecule has 0 amide bonds. The van der Waals surface area contributed by atoms with Crippen LogP contribution in [-0.2, 0) is 14.3 Å². The molecule has 0 rings (SSSR count). The van der Waals surface area contributed by atoms with Crippen LogP contribution in [0.3, 0.4) is 0 Å². The van der Waals surface area contributed by atoms with Crippen LogP contribution in [0.25, 0.3) is 0 Å². The molecule has 0 bridgehead atoms. The second-order valence-electron chi connectivity index (χ2n) is 6.93. The molecule has 0 aromatic heterocycles. The molecule has 1 N–H and O–H groups in total. The Labute approximate surface area is 163 Å². The number of hydrogen-bond acceptors (Lipinski definition) is 3. The summed E-state index contributed by atoms with van der Waals surface area (Å²) in [5.41, 5.74) is -0.0369. The first-order valence-corrected chi connectivity index (χ1v) is 10.9. The molecule has 0 radical (unpaired) electrons. The molecule has 0 saturated heterocycles. The quantitative estimate of drug-likeness (QED) is 0.291. The third-order valence-electron chi connectivity index (χ3n) is 4.80. The number of unbranched alkanes of at least 4 members (excludes halogenated alkanes) is 8. The highest BCUT2D eigenvalue weighted by molar-refractivity contribution is 5.66. The lowest BCUT2D eigenvalue weighted by atomic mass is 9.98. The number of aliphatic carboxylic acids is 1. The lowest BCUT2D eigenvalue weighted by Gasteiger charge is -2.31. The first-order valence-electron chi connectivity index (χ1n) is 10.9. The van der Waals surface area contributed by atoms with Crippen molar-refractivity contribution < 1.29 is 19.4 Å². The van der Waals surface area contributed by atoms with E-state index in [9.17, 15) is 4.79 Å². The first kappa shape index (κ1) is 27.6. The van der Waals surface area contributed by atoms with Gasteiger partial charge in [-0.3, -0.25) is 4.79 Å². The van der Waals surface area contributed by atoms with Gasteiger partial charge in [-0.05, 0) is 33.1 Å². The summed E-state index contributed by atoms with van der Waals surface area (Å²) in [5.74, 6) is -0.659. The van der Waals surface area contributed by atoms with Gasteiger partial charge < -0.3 is 14.6 Å². The molecule has 0 aliphatic heterocycles. The van der Waals surface area contributed by atoms with E-state index in [-0.39, 0.29) is 5.60 Å². The summed E-state index contributed by atoms with van der Waals surface area (Å²) < 4.78 is 11.1. The van der Waals surface area contributed by atoms with E-state index >= 15 is 0 Å². The highest BCUT2D eigenvalue weighted by atomic mass is 16.5. The summed E-state index contributed by atoms with van der Waals surface area (Å²) in [6.07, 6.45) is 13.5. The fourth-order valence-corrected chi connectivity index (χ4v) is 2.88. The predicted octanol–water partition coefficient (Wildman–Crippen LogP) is 6.61. The monoisotopic (exact) mass is 374 g/mol. The topological polar surface area (TPSA) is 55.8 Å². The van der Waals surface area contributed by atoms with Gasteiger partial charge >= 0.3 is 5.97 Å². The van der Waals surface area contributed by atoms with Crippen LogP contribution in [-0.4, -0.2) is 36.5 Å². The average Bonchev–Trinajstić information content (AvgIpc) is 2.64. The molecule has 0 unspecified atom stereocenters. The van der Waals surface area contributed by atoms with Crippen molar-refractivity contribution in [2.24, 2.45) is 0 Å². The zero-order chi connectivity index (χ0) is 20.1. The molecule has 0 heterocycles. The fraction of sp³-hybridized carbons (Fsp3) is 0.955. The summed E-state index contributed by atoms with van der Waals surface area (Å²) in [6, 6.07) is 0. The zero-order valence-corrected chi connectivity index (χ0v) is 18.3. The van der Waals surface area contributed by atoms with Crippen molar-refractivity contribution in [2.75, 3.05) is 19.8 Å². The largest absolute Gasteiger partial charge is 0.481 e. The van der Waals surface area contributed by atoms with Gasteiger partial charge in [-0.1, -0.05) is 72.1 Å². The Morgan fingerprint density at radius 3 is 1.65 bits per heavy atom. The van der Waals surface area contributed by atoms with E-state index in [1.165, 1.54) is 44.9 Å². The summed E-state index contributed by atoms with van der Waals surface area (Å²) >= 11 is 0. The maximum absolute atomic E-state index is 10.2. The van der Waals surface area contributed by atoms with Crippen LogP contribution in [0.15, 0.2) is 0 Å². The predicted molar refractivity (Wildman–Crippen MR) is 111 cm³/mol. The molecule has 0 atom stereocenters. The van der Waals surface area contributed by atoms with Crippen molar-refractivity contribution in [3.8, 4) is 0 Å². The maximum Gasteiger partial charge on any atom is 0.303 e. The second-order valence-corrected chi connectivity index (χ2v) is 6.93. The molecule has 4 heteroatoms. The molecule has 26 heavy (non-hydrogen) atoms. The Bertz CT molecular complexity index is 288. The normalized spacial score (nSPS) is 11.1. The summed E-state index contributed by atoms with van der Waals surface area (Å²) in [5, 5.41) is 8.41. The molecule has 0 aromatic rings. The molecule has 158 valence electrons. The third kappa shape index (κ3) is 18.2. The molecule has 0 aromatic carbocycles. The van der Waals surface area contributed by atoms with Gasteiger partial charge in [0, 0.05) is 19.6 Å².